The smallest absolute Gasteiger partial charge is 0.253 e. The molecule has 1 aromatic rings. The Labute approximate surface area is 129 Å². The number of carbonyl (C=O) groups excluding carboxylic acids is 1. The SMILES string of the molecule is CSC1(C(N)=S)CCN(C(=O)c2ccc(C)cc2)CC1. The van der Waals surface area contributed by atoms with E-state index in [0.717, 1.165) is 24.0 Å². The summed E-state index contributed by atoms with van der Waals surface area (Å²) in [6, 6.07) is 7.72. The Morgan fingerprint density at radius 1 is 1.30 bits per heavy atom. The molecule has 1 aliphatic rings. The first-order valence-corrected chi connectivity index (χ1v) is 8.33. The first-order chi connectivity index (χ1) is 9.48. The number of hydrogen-bond acceptors (Lipinski definition) is 3. The molecule has 0 atom stereocenters. The first-order valence-electron chi connectivity index (χ1n) is 6.69. The number of nitrogens with zero attached hydrogens (tertiary/aromatic N) is 1. The average Bonchev–Trinajstić information content (AvgIpc) is 2.47. The molecule has 0 aliphatic carbocycles. The van der Waals surface area contributed by atoms with E-state index in [1.807, 2.05) is 42.3 Å². The number of nitrogens with two attached hydrogens (primary N) is 1. The van der Waals surface area contributed by atoms with Crippen LogP contribution < -0.4 is 5.73 Å². The van der Waals surface area contributed by atoms with Crippen molar-refractivity contribution in [2.75, 3.05) is 19.3 Å². The molecule has 1 saturated heterocycles. The molecule has 0 unspecified atom stereocenters. The van der Waals surface area contributed by atoms with Crippen molar-refractivity contribution in [1.82, 2.24) is 4.90 Å². The lowest BCUT2D eigenvalue weighted by Gasteiger charge is -2.40. The summed E-state index contributed by atoms with van der Waals surface area (Å²) in [7, 11) is 0. The minimum Gasteiger partial charge on any atom is -0.392 e. The molecule has 1 aliphatic heterocycles. The Balaban J connectivity index is 2.05. The van der Waals surface area contributed by atoms with Gasteiger partial charge in [-0.25, -0.2) is 0 Å². The van der Waals surface area contributed by atoms with Crippen LogP contribution in [-0.2, 0) is 0 Å². The van der Waals surface area contributed by atoms with Gasteiger partial charge in [0.05, 0.1) is 9.74 Å². The molecule has 3 nitrogen and oxygen atoms in total. The van der Waals surface area contributed by atoms with E-state index >= 15 is 0 Å². The normalized spacial score (nSPS) is 17.8. The maximum absolute atomic E-state index is 12.4. The number of amides is 1. The predicted octanol–water partition coefficient (Wildman–Crippen LogP) is 2.62. The van der Waals surface area contributed by atoms with Gasteiger partial charge in [0.1, 0.15) is 0 Å². The molecule has 2 rings (SSSR count). The van der Waals surface area contributed by atoms with Crippen LogP contribution in [0.25, 0.3) is 0 Å². The van der Waals surface area contributed by atoms with Crippen molar-refractivity contribution in [3.63, 3.8) is 0 Å². The molecule has 0 spiro atoms. The van der Waals surface area contributed by atoms with Gasteiger partial charge in [-0.2, -0.15) is 11.8 Å². The fourth-order valence-corrected chi connectivity index (χ4v) is 3.75. The van der Waals surface area contributed by atoms with Crippen LogP contribution in [0.2, 0.25) is 0 Å². The van der Waals surface area contributed by atoms with Crippen LogP contribution in [-0.4, -0.2) is 39.9 Å². The lowest BCUT2D eigenvalue weighted by molar-refractivity contribution is 0.0719. The van der Waals surface area contributed by atoms with Gasteiger partial charge in [0.2, 0.25) is 0 Å². The van der Waals surface area contributed by atoms with Crippen LogP contribution in [0.5, 0.6) is 0 Å². The van der Waals surface area contributed by atoms with Crippen molar-refractivity contribution in [2.24, 2.45) is 5.73 Å². The highest BCUT2D eigenvalue weighted by molar-refractivity contribution is 8.02. The highest BCUT2D eigenvalue weighted by Gasteiger charge is 2.37. The summed E-state index contributed by atoms with van der Waals surface area (Å²) >= 11 is 6.90. The third kappa shape index (κ3) is 2.99. The lowest BCUT2D eigenvalue weighted by Crippen LogP contribution is -2.50. The third-order valence-electron chi connectivity index (χ3n) is 4.00. The molecular formula is C15H20N2OS2. The van der Waals surface area contributed by atoms with E-state index in [9.17, 15) is 4.79 Å². The molecular weight excluding hydrogens is 288 g/mol. The number of piperidine rings is 1. The average molecular weight is 308 g/mol. The molecule has 0 bridgehead atoms. The van der Waals surface area contributed by atoms with Crippen LogP contribution in [0.3, 0.4) is 0 Å². The Bertz CT molecular complexity index is 505. The maximum Gasteiger partial charge on any atom is 0.253 e. The molecule has 0 aromatic heterocycles. The van der Waals surface area contributed by atoms with Crippen molar-refractivity contribution in [2.45, 2.75) is 24.5 Å². The fourth-order valence-electron chi connectivity index (χ4n) is 2.50. The van der Waals surface area contributed by atoms with Gasteiger partial charge in [-0.15, -0.1) is 0 Å². The monoisotopic (exact) mass is 308 g/mol. The van der Waals surface area contributed by atoms with Crippen LogP contribution in [0.15, 0.2) is 24.3 Å². The minimum absolute atomic E-state index is 0.0997. The summed E-state index contributed by atoms with van der Waals surface area (Å²) in [5.41, 5.74) is 7.78. The van der Waals surface area contributed by atoms with E-state index in [1.165, 1.54) is 0 Å². The van der Waals surface area contributed by atoms with Gasteiger partial charge in [-0.3, -0.25) is 4.79 Å². The molecule has 1 heterocycles. The standard InChI is InChI=1S/C15H20N2OS2/c1-11-3-5-12(6-4-11)13(18)17-9-7-15(20-2,8-10-17)14(16)19/h3-6H,7-10H2,1-2H3,(H2,16,19). The lowest BCUT2D eigenvalue weighted by atomic mass is 9.95. The van der Waals surface area contributed by atoms with E-state index < -0.39 is 0 Å². The number of rotatable bonds is 3. The largest absolute Gasteiger partial charge is 0.392 e. The van der Waals surface area contributed by atoms with Gasteiger partial charge in [0.15, 0.2) is 0 Å². The summed E-state index contributed by atoms with van der Waals surface area (Å²) in [5.74, 6) is 0.0997. The van der Waals surface area contributed by atoms with Crippen molar-refractivity contribution in [3.05, 3.63) is 35.4 Å². The van der Waals surface area contributed by atoms with Crippen molar-refractivity contribution >= 4 is 34.9 Å². The molecule has 108 valence electrons. The van der Waals surface area contributed by atoms with Crippen LogP contribution in [0.1, 0.15) is 28.8 Å². The molecule has 5 heteroatoms. The van der Waals surface area contributed by atoms with E-state index in [4.69, 9.17) is 18.0 Å². The number of hydrogen-bond donors (Lipinski definition) is 1. The fraction of sp³-hybridized carbons (Fsp3) is 0.467. The predicted molar refractivity (Wildman–Crippen MR) is 89.3 cm³/mol. The number of thioether (sulfide) groups is 1. The quantitative estimate of drug-likeness (QED) is 0.872. The highest BCUT2D eigenvalue weighted by Crippen LogP contribution is 2.35. The van der Waals surface area contributed by atoms with Crippen molar-refractivity contribution in [1.29, 1.82) is 0 Å². The van der Waals surface area contributed by atoms with E-state index in [2.05, 4.69) is 0 Å². The molecule has 0 radical (unpaired) electrons. The van der Waals surface area contributed by atoms with Crippen LogP contribution >= 0.6 is 24.0 Å². The molecule has 1 fully saturated rings. The Hall–Kier alpha value is -1.07. The topological polar surface area (TPSA) is 46.3 Å². The number of thiocarbonyl (C=S) groups is 1. The van der Waals surface area contributed by atoms with E-state index in [-0.39, 0.29) is 10.7 Å². The number of aryl methyl sites for hydroxylation is 1. The van der Waals surface area contributed by atoms with E-state index in [0.29, 0.717) is 18.1 Å². The van der Waals surface area contributed by atoms with Crippen molar-refractivity contribution < 1.29 is 4.79 Å². The zero-order valence-electron chi connectivity index (χ0n) is 11.9. The van der Waals surface area contributed by atoms with Crippen molar-refractivity contribution in [3.8, 4) is 0 Å². The summed E-state index contributed by atoms with van der Waals surface area (Å²) in [5, 5.41) is 0. The van der Waals surface area contributed by atoms with Gasteiger partial charge in [0.25, 0.3) is 5.91 Å². The van der Waals surface area contributed by atoms with E-state index in [1.54, 1.807) is 11.8 Å². The summed E-state index contributed by atoms with van der Waals surface area (Å²) in [6.45, 7) is 3.44. The van der Waals surface area contributed by atoms with Gasteiger partial charge < -0.3 is 10.6 Å². The molecule has 2 N–H and O–H groups in total. The number of likely N-dealkylation sites (tertiary alicyclic amines) is 1. The summed E-state index contributed by atoms with van der Waals surface area (Å²) in [4.78, 5) is 14.9. The Kier molecular flexibility index (Phi) is 4.70. The number of carbonyl (C=O) groups is 1. The van der Waals surface area contributed by atoms with Gasteiger partial charge in [-0.05, 0) is 38.2 Å². The molecule has 1 aromatic carbocycles. The number of benzene rings is 1. The highest BCUT2D eigenvalue weighted by atomic mass is 32.2. The summed E-state index contributed by atoms with van der Waals surface area (Å²) in [6.07, 6.45) is 3.71. The first kappa shape index (κ1) is 15.3. The summed E-state index contributed by atoms with van der Waals surface area (Å²) < 4.78 is -0.139. The second-order valence-electron chi connectivity index (χ2n) is 5.22. The zero-order chi connectivity index (χ0) is 14.8. The van der Waals surface area contributed by atoms with Gasteiger partial charge in [0, 0.05) is 18.7 Å². The zero-order valence-corrected chi connectivity index (χ0v) is 13.5. The van der Waals surface area contributed by atoms with Gasteiger partial charge >= 0.3 is 0 Å². The van der Waals surface area contributed by atoms with Crippen LogP contribution in [0.4, 0.5) is 0 Å². The Morgan fingerprint density at radius 2 is 1.85 bits per heavy atom. The van der Waals surface area contributed by atoms with Crippen LogP contribution in [0, 0.1) is 6.92 Å². The third-order valence-corrected chi connectivity index (χ3v) is 5.93. The molecule has 0 saturated carbocycles. The maximum atomic E-state index is 12.4. The van der Waals surface area contributed by atoms with Gasteiger partial charge in [-0.1, -0.05) is 29.9 Å². The second kappa shape index (κ2) is 6.14. The second-order valence-corrected chi connectivity index (χ2v) is 6.85. The minimum atomic E-state index is -0.139. The Morgan fingerprint density at radius 3 is 2.30 bits per heavy atom. The molecule has 1 amide bonds. The molecule has 20 heavy (non-hydrogen) atoms.